The Balaban J connectivity index is 2.32. The third-order valence-corrected chi connectivity index (χ3v) is 4.00. The zero-order valence-electron chi connectivity index (χ0n) is 10.3. The van der Waals surface area contributed by atoms with E-state index >= 15 is 0 Å². The van der Waals surface area contributed by atoms with Crippen LogP contribution in [-0.4, -0.2) is 14.3 Å². The Hall–Kier alpha value is -2.14. The van der Waals surface area contributed by atoms with Gasteiger partial charge in [-0.05, 0) is 23.3 Å². The molecule has 0 spiro atoms. The molecule has 0 aromatic heterocycles. The normalized spacial score (nSPS) is 11.0. The summed E-state index contributed by atoms with van der Waals surface area (Å²) < 4.78 is 25.4. The second-order valence-corrected chi connectivity index (χ2v) is 5.73. The molecule has 0 aliphatic heterocycles. The van der Waals surface area contributed by atoms with Crippen molar-refractivity contribution in [1.29, 1.82) is 0 Å². The molecule has 0 unspecified atom stereocenters. The fraction of sp³-hybridized carbons (Fsp3) is 0.0714. The zero-order valence-corrected chi connectivity index (χ0v) is 11.1. The Bertz CT molecular complexity index is 676. The fourth-order valence-corrected chi connectivity index (χ4v) is 2.70. The SMILES string of the molecule is CC(=O)NS(=O)(=O)c1ccc(-c2ccccc2)cc1. The van der Waals surface area contributed by atoms with E-state index < -0.39 is 15.9 Å². The highest BCUT2D eigenvalue weighted by Crippen LogP contribution is 2.20. The molecule has 1 N–H and O–H groups in total. The predicted octanol–water partition coefficient (Wildman–Crippen LogP) is 2.18. The van der Waals surface area contributed by atoms with Crippen LogP contribution in [0.2, 0.25) is 0 Å². The van der Waals surface area contributed by atoms with Gasteiger partial charge in [0, 0.05) is 6.92 Å². The van der Waals surface area contributed by atoms with E-state index in [0.717, 1.165) is 18.1 Å². The first-order chi connectivity index (χ1) is 8.99. The third-order valence-electron chi connectivity index (χ3n) is 2.55. The predicted molar refractivity (Wildman–Crippen MR) is 72.9 cm³/mol. The van der Waals surface area contributed by atoms with Gasteiger partial charge < -0.3 is 0 Å². The van der Waals surface area contributed by atoms with Gasteiger partial charge in [0.1, 0.15) is 0 Å². The summed E-state index contributed by atoms with van der Waals surface area (Å²) in [4.78, 5) is 10.9. The first kappa shape index (κ1) is 13.3. The summed E-state index contributed by atoms with van der Waals surface area (Å²) in [5.41, 5.74) is 1.92. The van der Waals surface area contributed by atoms with E-state index in [-0.39, 0.29) is 4.90 Å². The maximum absolute atomic E-state index is 11.8. The molecule has 0 heterocycles. The Labute approximate surface area is 112 Å². The van der Waals surface area contributed by atoms with E-state index in [9.17, 15) is 13.2 Å². The van der Waals surface area contributed by atoms with Gasteiger partial charge in [0.05, 0.1) is 4.90 Å². The Morgan fingerprint density at radius 2 is 1.42 bits per heavy atom. The zero-order chi connectivity index (χ0) is 13.9. The molecule has 2 aromatic carbocycles. The van der Waals surface area contributed by atoms with Crippen LogP contribution in [0, 0.1) is 0 Å². The molecule has 0 aliphatic carbocycles. The number of benzene rings is 2. The highest BCUT2D eigenvalue weighted by molar-refractivity contribution is 7.90. The topological polar surface area (TPSA) is 63.2 Å². The van der Waals surface area contributed by atoms with E-state index in [0.29, 0.717) is 0 Å². The number of carbonyl (C=O) groups is 1. The Morgan fingerprint density at radius 1 is 0.895 bits per heavy atom. The van der Waals surface area contributed by atoms with Gasteiger partial charge in [-0.1, -0.05) is 42.5 Å². The quantitative estimate of drug-likeness (QED) is 0.933. The Kier molecular flexibility index (Phi) is 3.66. The summed E-state index contributed by atoms with van der Waals surface area (Å²) in [6, 6.07) is 16.0. The maximum atomic E-state index is 11.8. The number of rotatable bonds is 3. The van der Waals surface area contributed by atoms with E-state index in [1.54, 1.807) is 12.1 Å². The third kappa shape index (κ3) is 3.20. The first-order valence-corrected chi connectivity index (χ1v) is 7.16. The van der Waals surface area contributed by atoms with Crippen molar-refractivity contribution in [1.82, 2.24) is 4.72 Å². The van der Waals surface area contributed by atoms with Gasteiger partial charge in [-0.15, -0.1) is 0 Å². The monoisotopic (exact) mass is 275 g/mol. The van der Waals surface area contributed by atoms with Crippen LogP contribution in [0.3, 0.4) is 0 Å². The minimum absolute atomic E-state index is 0.0716. The summed E-state index contributed by atoms with van der Waals surface area (Å²) in [5.74, 6) is -0.605. The molecule has 0 aliphatic rings. The summed E-state index contributed by atoms with van der Waals surface area (Å²) in [6.45, 7) is 1.16. The lowest BCUT2D eigenvalue weighted by atomic mass is 10.1. The van der Waals surface area contributed by atoms with E-state index in [4.69, 9.17) is 0 Å². The summed E-state index contributed by atoms with van der Waals surface area (Å²) in [7, 11) is -3.76. The molecule has 98 valence electrons. The molecular formula is C14H13NO3S. The number of hydrogen-bond donors (Lipinski definition) is 1. The van der Waals surface area contributed by atoms with Gasteiger partial charge >= 0.3 is 0 Å². The highest BCUT2D eigenvalue weighted by Gasteiger charge is 2.14. The first-order valence-electron chi connectivity index (χ1n) is 5.68. The molecule has 0 saturated heterocycles. The summed E-state index contributed by atoms with van der Waals surface area (Å²) >= 11 is 0. The van der Waals surface area contributed by atoms with Crippen molar-refractivity contribution in [2.75, 3.05) is 0 Å². The fourth-order valence-electron chi connectivity index (χ4n) is 1.71. The van der Waals surface area contributed by atoms with Gasteiger partial charge in [-0.25, -0.2) is 13.1 Å². The number of nitrogens with one attached hydrogen (secondary N) is 1. The minimum atomic E-state index is -3.76. The van der Waals surface area contributed by atoms with Crippen molar-refractivity contribution in [2.45, 2.75) is 11.8 Å². The van der Waals surface area contributed by atoms with Gasteiger partial charge in [-0.3, -0.25) is 4.79 Å². The smallest absolute Gasteiger partial charge is 0.264 e. The standard InChI is InChI=1S/C14H13NO3S/c1-11(16)15-19(17,18)14-9-7-13(8-10-14)12-5-3-2-4-6-12/h2-10H,1H3,(H,15,16). The molecule has 0 fully saturated rings. The summed E-state index contributed by atoms with van der Waals surface area (Å²) in [5, 5.41) is 0. The molecule has 0 bridgehead atoms. The molecule has 5 heteroatoms. The number of amides is 1. The number of sulfonamides is 1. The van der Waals surface area contributed by atoms with Gasteiger partial charge in [-0.2, -0.15) is 0 Å². The number of hydrogen-bond acceptors (Lipinski definition) is 3. The van der Waals surface area contributed by atoms with Crippen LogP contribution < -0.4 is 4.72 Å². The lowest BCUT2D eigenvalue weighted by Gasteiger charge is -2.06. The maximum Gasteiger partial charge on any atom is 0.264 e. The van der Waals surface area contributed by atoms with Crippen LogP contribution in [-0.2, 0) is 14.8 Å². The van der Waals surface area contributed by atoms with Crippen LogP contribution in [0.25, 0.3) is 11.1 Å². The van der Waals surface area contributed by atoms with Crippen molar-refractivity contribution in [3.8, 4) is 11.1 Å². The van der Waals surface area contributed by atoms with E-state index in [2.05, 4.69) is 0 Å². The molecule has 0 radical (unpaired) electrons. The van der Waals surface area contributed by atoms with Crippen LogP contribution in [0.4, 0.5) is 0 Å². The van der Waals surface area contributed by atoms with Gasteiger partial charge in [0.25, 0.3) is 10.0 Å². The lowest BCUT2D eigenvalue weighted by Crippen LogP contribution is -2.28. The second-order valence-electron chi connectivity index (χ2n) is 4.05. The molecule has 1 amide bonds. The van der Waals surface area contributed by atoms with Crippen molar-refractivity contribution in [3.63, 3.8) is 0 Å². The molecule has 0 saturated carbocycles. The molecule has 19 heavy (non-hydrogen) atoms. The highest BCUT2D eigenvalue weighted by atomic mass is 32.2. The summed E-state index contributed by atoms with van der Waals surface area (Å²) in [6.07, 6.45) is 0. The van der Waals surface area contributed by atoms with Crippen LogP contribution in [0.15, 0.2) is 59.5 Å². The van der Waals surface area contributed by atoms with E-state index in [1.165, 1.54) is 12.1 Å². The molecule has 2 aromatic rings. The van der Waals surface area contributed by atoms with Crippen LogP contribution >= 0.6 is 0 Å². The van der Waals surface area contributed by atoms with Crippen molar-refractivity contribution in [3.05, 3.63) is 54.6 Å². The molecule has 0 atom stereocenters. The second kappa shape index (κ2) is 5.24. The van der Waals surface area contributed by atoms with Crippen molar-refractivity contribution in [2.24, 2.45) is 0 Å². The number of carbonyl (C=O) groups excluding carboxylic acids is 1. The lowest BCUT2D eigenvalue weighted by molar-refractivity contribution is -0.117. The van der Waals surface area contributed by atoms with Gasteiger partial charge in [0.15, 0.2) is 0 Å². The molecular weight excluding hydrogens is 262 g/mol. The van der Waals surface area contributed by atoms with Crippen LogP contribution in [0.1, 0.15) is 6.92 Å². The average Bonchev–Trinajstić information content (AvgIpc) is 2.38. The molecule has 4 nitrogen and oxygen atoms in total. The molecule has 2 rings (SSSR count). The van der Waals surface area contributed by atoms with Crippen molar-refractivity contribution >= 4 is 15.9 Å². The van der Waals surface area contributed by atoms with E-state index in [1.807, 2.05) is 35.1 Å². The van der Waals surface area contributed by atoms with Gasteiger partial charge in [0.2, 0.25) is 5.91 Å². The largest absolute Gasteiger partial charge is 0.274 e. The van der Waals surface area contributed by atoms with Crippen LogP contribution in [0.5, 0.6) is 0 Å². The minimum Gasteiger partial charge on any atom is -0.274 e. The average molecular weight is 275 g/mol. The Morgan fingerprint density at radius 3 is 1.95 bits per heavy atom. The van der Waals surface area contributed by atoms with Crippen molar-refractivity contribution < 1.29 is 13.2 Å².